The van der Waals surface area contributed by atoms with Gasteiger partial charge in [0.2, 0.25) is 0 Å². The lowest BCUT2D eigenvalue weighted by Gasteiger charge is -2.19. The number of nitrogens with one attached hydrogen (secondary N) is 1. The van der Waals surface area contributed by atoms with Gasteiger partial charge in [-0.15, -0.1) is 0 Å². The number of carbonyl (C=O) groups is 1. The molecule has 1 rings (SSSR count). The van der Waals surface area contributed by atoms with E-state index in [4.69, 9.17) is 5.11 Å². The third kappa shape index (κ3) is 5.08. The summed E-state index contributed by atoms with van der Waals surface area (Å²) in [6.45, 7) is 2.39. The average Bonchev–Trinajstić information content (AvgIpc) is 2.42. The lowest BCUT2D eigenvalue weighted by molar-refractivity contribution is 0.0943. The van der Waals surface area contributed by atoms with Gasteiger partial charge in [-0.3, -0.25) is 9.78 Å². The summed E-state index contributed by atoms with van der Waals surface area (Å²) in [5.41, 5.74) is 1.08. The van der Waals surface area contributed by atoms with Crippen molar-refractivity contribution in [2.75, 3.05) is 27.2 Å². The maximum atomic E-state index is 11.9. The van der Waals surface area contributed by atoms with Crippen LogP contribution in [0, 0.1) is 11.8 Å². The largest absolute Gasteiger partial charge is 0.384 e. The Morgan fingerprint density at radius 1 is 1.53 bits per heavy atom. The summed E-state index contributed by atoms with van der Waals surface area (Å²) in [6, 6.07) is 1.92. The first-order valence-corrected chi connectivity index (χ1v) is 6.04. The predicted octanol–water partition coefficient (Wildman–Crippen LogP) is 0.105. The van der Waals surface area contributed by atoms with E-state index in [1.807, 2.05) is 25.9 Å². The van der Waals surface area contributed by atoms with Gasteiger partial charge in [0, 0.05) is 30.5 Å². The molecule has 0 spiro atoms. The average molecular weight is 261 g/mol. The Hall–Kier alpha value is -1.90. The number of amides is 1. The molecule has 0 aliphatic carbocycles. The van der Waals surface area contributed by atoms with E-state index in [-0.39, 0.29) is 18.6 Å². The van der Waals surface area contributed by atoms with Crippen LogP contribution in [0.4, 0.5) is 0 Å². The zero-order valence-corrected chi connectivity index (χ0v) is 11.5. The SMILES string of the molecule is CC(CNC(=O)c1cncc(C#CCO)c1)N(C)C. The summed E-state index contributed by atoms with van der Waals surface area (Å²) >= 11 is 0. The van der Waals surface area contributed by atoms with Crippen LogP contribution in [0.25, 0.3) is 0 Å². The second-order valence-corrected chi connectivity index (χ2v) is 4.44. The van der Waals surface area contributed by atoms with E-state index in [1.54, 1.807) is 12.3 Å². The van der Waals surface area contributed by atoms with Crippen LogP contribution >= 0.6 is 0 Å². The summed E-state index contributed by atoms with van der Waals surface area (Å²) in [7, 11) is 3.92. The Labute approximate surface area is 113 Å². The predicted molar refractivity (Wildman–Crippen MR) is 73.7 cm³/mol. The van der Waals surface area contributed by atoms with E-state index < -0.39 is 0 Å². The molecule has 102 valence electrons. The second kappa shape index (κ2) is 7.52. The molecule has 0 fully saturated rings. The van der Waals surface area contributed by atoms with Crippen LogP contribution in [-0.4, -0.2) is 54.2 Å². The first-order valence-electron chi connectivity index (χ1n) is 6.04. The van der Waals surface area contributed by atoms with Gasteiger partial charge in [-0.05, 0) is 27.1 Å². The fourth-order valence-electron chi connectivity index (χ4n) is 1.30. The van der Waals surface area contributed by atoms with Crippen LogP contribution in [0.2, 0.25) is 0 Å². The van der Waals surface area contributed by atoms with Gasteiger partial charge in [-0.1, -0.05) is 11.8 Å². The van der Waals surface area contributed by atoms with Crippen molar-refractivity contribution in [1.29, 1.82) is 0 Å². The topological polar surface area (TPSA) is 65.5 Å². The Kier molecular flexibility index (Phi) is 6.00. The quantitative estimate of drug-likeness (QED) is 0.755. The van der Waals surface area contributed by atoms with Gasteiger partial charge in [0.15, 0.2) is 0 Å². The molecule has 0 saturated heterocycles. The number of hydrogen-bond donors (Lipinski definition) is 2. The molecule has 0 radical (unpaired) electrons. The molecule has 0 aliphatic heterocycles. The van der Waals surface area contributed by atoms with E-state index in [0.717, 1.165) is 0 Å². The maximum Gasteiger partial charge on any atom is 0.252 e. The highest BCUT2D eigenvalue weighted by Gasteiger charge is 2.09. The van der Waals surface area contributed by atoms with Gasteiger partial charge in [-0.2, -0.15) is 0 Å². The molecule has 1 atom stereocenters. The molecular weight excluding hydrogens is 242 g/mol. The number of nitrogens with zero attached hydrogens (tertiary/aromatic N) is 2. The fraction of sp³-hybridized carbons (Fsp3) is 0.429. The van der Waals surface area contributed by atoms with E-state index >= 15 is 0 Å². The minimum absolute atomic E-state index is 0.172. The van der Waals surface area contributed by atoms with E-state index in [9.17, 15) is 4.79 Å². The number of rotatable bonds is 4. The molecule has 1 heterocycles. The number of aromatic nitrogens is 1. The summed E-state index contributed by atoms with van der Waals surface area (Å²) in [4.78, 5) is 17.9. The van der Waals surface area contributed by atoms with Crippen molar-refractivity contribution in [3.05, 3.63) is 29.6 Å². The molecule has 1 unspecified atom stereocenters. The van der Waals surface area contributed by atoms with Gasteiger partial charge < -0.3 is 15.3 Å². The molecule has 19 heavy (non-hydrogen) atoms. The lowest BCUT2D eigenvalue weighted by atomic mass is 10.2. The Morgan fingerprint density at radius 2 is 2.26 bits per heavy atom. The van der Waals surface area contributed by atoms with Crippen LogP contribution in [0.1, 0.15) is 22.8 Å². The summed E-state index contributed by atoms with van der Waals surface area (Å²) in [6.07, 6.45) is 3.06. The van der Waals surface area contributed by atoms with Crippen LogP contribution in [0.5, 0.6) is 0 Å². The maximum absolute atomic E-state index is 11.9. The Balaban J connectivity index is 2.67. The molecule has 0 saturated carbocycles. The monoisotopic (exact) mass is 261 g/mol. The lowest BCUT2D eigenvalue weighted by Crippen LogP contribution is -2.38. The van der Waals surface area contributed by atoms with Crippen molar-refractivity contribution in [2.24, 2.45) is 0 Å². The van der Waals surface area contributed by atoms with Crippen molar-refractivity contribution >= 4 is 5.91 Å². The first kappa shape index (κ1) is 15.2. The molecule has 1 aromatic rings. The first-order chi connectivity index (χ1) is 9.04. The van der Waals surface area contributed by atoms with Crippen LogP contribution < -0.4 is 5.32 Å². The Bertz CT molecular complexity index is 489. The normalized spacial score (nSPS) is 11.6. The molecule has 5 heteroatoms. The highest BCUT2D eigenvalue weighted by molar-refractivity contribution is 5.94. The number of carbonyl (C=O) groups excluding carboxylic acids is 1. The Morgan fingerprint density at radius 3 is 2.89 bits per heavy atom. The molecule has 0 aromatic carbocycles. The number of likely N-dealkylation sites (N-methyl/N-ethyl adjacent to an activating group) is 1. The number of pyridine rings is 1. The van der Waals surface area contributed by atoms with Crippen molar-refractivity contribution in [3.63, 3.8) is 0 Å². The minimum atomic E-state index is -0.212. The molecule has 0 aliphatic rings. The second-order valence-electron chi connectivity index (χ2n) is 4.44. The zero-order chi connectivity index (χ0) is 14.3. The van der Waals surface area contributed by atoms with Crippen molar-refractivity contribution < 1.29 is 9.90 Å². The van der Waals surface area contributed by atoms with Crippen LogP contribution in [0.15, 0.2) is 18.5 Å². The molecule has 1 amide bonds. The van der Waals surface area contributed by atoms with Gasteiger partial charge in [-0.25, -0.2) is 0 Å². The van der Waals surface area contributed by atoms with Crippen LogP contribution in [-0.2, 0) is 0 Å². The van der Waals surface area contributed by atoms with E-state index in [1.165, 1.54) is 6.20 Å². The minimum Gasteiger partial charge on any atom is -0.384 e. The third-order valence-corrected chi connectivity index (χ3v) is 2.75. The van der Waals surface area contributed by atoms with Crippen molar-refractivity contribution in [1.82, 2.24) is 15.2 Å². The number of aliphatic hydroxyl groups excluding tert-OH is 1. The molecular formula is C14H19N3O2. The van der Waals surface area contributed by atoms with Gasteiger partial charge in [0.05, 0.1) is 5.56 Å². The van der Waals surface area contributed by atoms with Gasteiger partial charge >= 0.3 is 0 Å². The summed E-state index contributed by atoms with van der Waals surface area (Å²) in [5, 5.41) is 11.5. The molecule has 1 aromatic heterocycles. The van der Waals surface area contributed by atoms with Crippen molar-refractivity contribution in [2.45, 2.75) is 13.0 Å². The molecule has 0 bridgehead atoms. The molecule has 2 N–H and O–H groups in total. The van der Waals surface area contributed by atoms with E-state index in [2.05, 4.69) is 22.1 Å². The number of hydrogen-bond acceptors (Lipinski definition) is 4. The highest BCUT2D eigenvalue weighted by atomic mass is 16.2. The standard InChI is InChI=1S/C14H19N3O2/c1-11(17(2)3)8-16-14(19)13-7-12(5-4-6-18)9-15-10-13/h7,9-11,18H,6,8H2,1-3H3,(H,16,19). The van der Waals surface area contributed by atoms with Crippen molar-refractivity contribution in [3.8, 4) is 11.8 Å². The number of aliphatic hydroxyl groups is 1. The molecule has 5 nitrogen and oxygen atoms in total. The van der Waals surface area contributed by atoms with E-state index in [0.29, 0.717) is 17.7 Å². The van der Waals surface area contributed by atoms with Crippen LogP contribution in [0.3, 0.4) is 0 Å². The fourth-order valence-corrected chi connectivity index (χ4v) is 1.30. The van der Waals surface area contributed by atoms with Gasteiger partial charge in [0.25, 0.3) is 5.91 Å². The summed E-state index contributed by atoms with van der Waals surface area (Å²) in [5.74, 6) is 5.07. The smallest absolute Gasteiger partial charge is 0.252 e. The third-order valence-electron chi connectivity index (χ3n) is 2.75. The van der Waals surface area contributed by atoms with Gasteiger partial charge in [0.1, 0.15) is 6.61 Å². The zero-order valence-electron chi connectivity index (χ0n) is 11.5. The summed E-state index contributed by atoms with van der Waals surface area (Å²) < 4.78 is 0. The highest BCUT2D eigenvalue weighted by Crippen LogP contribution is 2.01.